The summed E-state index contributed by atoms with van der Waals surface area (Å²) in [4.78, 5) is 2.57. The van der Waals surface area contributed by atoms with Crippen molar-refractivity contribution in [2.45, 2.75) is 31.3 Å². The molecule has 1 N–H and O–H groups in total. The quantitative estimate of drug-likeness (QED) is 0.844. The van der Waals surface area contributed by atoms with Crippen molar-refractivity contribution in [2.75, 3.05) is 19.6 Å². The number of fused-ring (bicyclic) bond motifs is 1. The fourth-order valence-corrected chi connectivity index (χ4v) is 4.62. The van der Waals surface area contributed by atoms with E-state index in [4.69, 9.17) is 0 Å². The molecule has 4 unspecified atom stereocenters. The predicted molar refractivity (Wildman–Crippen MR) is 97.8 cm³/mol. The third-order valence-corrected chi connectivity index (χ3v) is 6.08. The summed E-state index contributed by atoms with van der Waals surface area (Å²) in [5, 5.41) is 10.3. The minimum atomic E-state index is -0.489. The fraction of sp³-hybridized carbons (Fsp3) is 0.455. The molecule has 2 nitrogen and oxygen atoms in total. The summed E-state index contributed by atoms with van der Waals surface area (Å²) in [6.07, 6.45) is 2.55. The van der Waals surface area contributed by atoms with Crippen molar-refractivity contribution in [3.63, 3.8) is 0 Å². The summed E-state index contributed by atoms with van der Waals surface area (Å²) >= 11 is 0. The lowest BCUT2D eigenvalue weighted by Crippen LogP contribution is -2.33. The SMILES string of the molecule is OC(CCCN1CC2CC(c3ccccc3)C2C1)c1ccc(F)cc1. The average molecular weight is 339 g/mol. The molecular weight excluding hydrogens is 313 g/mol. The Morgan fingerprint density at radius 1 is 1.04 bits per heavy atom. The Labute approximate surface area is 149 Å². The lowest BCUT2D eigenvalue weighted by atomic mass is 9.64. The van der Waals surface area contributed by atoms with Crippen LogP contribution in [0.2, 0.25) is 0 Å². The van der Waals surface area contributed by atoms with E-state index >= 15 is 0 Å². The van der Waals surface area contributed by atoms with Crippen LogP contribution in [0.1, 0.15) is 42.4 Å². The first kappa shape index (κ1) is 16.7. The Bertz CT molecular complexity index is 687. The molecule has 4 atom stereocenters. The zero-order valence-corrected chi connectivity index (χ0v) is 14.5. The minimum absolute atomic E-state index is 0.253. The number of hydrogen-bond donors (Lipinski definition) is 1. The maximum absolute atomic E-state index is 13.0. The van der Waals surface area contributed by atoms with Gasteiger partial charge in [0.05, 0.1) is 6.10 Å². The molecule has 25 heavy (non-hydrogen) atoms. The Balaban J connectivity index is 1.23. The molecule has 0 radical (unpaired) electrons. The molecule has 2 fully saturated rings. The van der Waals surface area contributed by atoms with Gasteiger partial charge in [-0.3, -0.25) is 0 Å². The van der Waals surface area contributed by atoms with Crippen molar-refractivity contribution in [2.24, 2.45) is 11.8 Å². The van der Waals surface area contributed by atoms with Gasteiger partial charge in [-0.15, -0.1) is 0 Å². The number of benzene rings is 2. The second kappa shape index (κ2) is 7.27. The van der Waals surface area contributed by atoms with Gasteiger partial charge in [0.2, 0.25) is 0 Å². The van der Waals surface area contributed by atoms with Crippen molar-refractivity contribution in [1.82, 2.24) is 4.90 Å². The first-order chi connectivity index (χ1) is 12.2. The third kappa shape index (κ3) is 3.63. The number of halogens is 1. The second-order valence-corrected chi connectivity index (χ2v) is 7.65. The van der Waals surface area contributed by atoms with Gasteiger partial charge in [0, 0.05) is 13.1 Å². The molecule has 0 spiro atoms. The van der Waals surface area contributed by atoms with Gasteiger partial charge in [0.1, 0.15) is 5.82 Å². The molecule has 2 aliphatic rings. The van der Waals surface area contributed by atoms with E-state index in [0.717, 1.165) is 42.7 Å². The van der Waals surface area contributed by atoms with E-state index in [9.17, 15) is 9.50 Å². The van der Waals surface area contributed by atoms with E-state index in [1.54, 1.807) is 12.1 Å². The van der Waals surface area contributed by atoms with Crippen LogP contribution in [0.15, 0.2) is 54.6 Å². The molecule has 0 aromatic heterocycles. The number of hydrogen-bond acceptors (Lipinski definition) is 2. The van der Waals surface area contributed by atoms with Crippen LogP contribution >= 0.6 is 0 Å². The lowest BCUT2D eigenvalue weighted by Gasteiger charge is -2.40. The Morgan fingerprint density at radius 3 is 2.56 bits per heavy atom. The molecule has 1 heterocycles. The molecule has 0 bridgehead atoms. The maximum atomic E-state index is 13.0. The van der Waals surface area contributed by atoms with Crippen LogP contribution in [0.4, 0.5) is 4.39 Å². The highest BCUT2D eigenvalue weighted by Crippen LogP contribution is 2.51. The predicted octanol–water partition coefficient (Wildman–Crippen LogP) is 4.37. The second-order valence-electron chi connectivity index (χ2n) is 7.65. The highest BCUT2D eigenvalue weighted by molar-refractivity contribution is 5.25. The normalized spacial score (nSPS) is 26.9. The minimum Gasteiger partial charge on any atom is -0.388 e. The van der Waals surface area contributed by atoms with Gasteiger partial charge in [0.25, 0.3) is 0 Å². The van der Waals surface area contributed by atoms with Gasteiger partial charge >= 0.3 is 0 Å². The number of rotatable bonds is 6. The maximum Gasteiger partial charge on any atom is 0.123 e. The van der Waals surface area contributed by atoms with Crippen LogP contribution in [-0.4, -0.2) is 29.6 Å². The molecule has 1 saturated carbocycles. The highest BCUT2D eigenvalue weighted by Gasteiger charge is 2.46. The van der Waals surface area contributed by atoms with Crippen LogP contribution in [0, 0.1) is 17.7 Å². The van der Waals surface area contributed by atoms with E-state index in [1.165, 1.54) is 37.2 Å². The van der Waals surface area contributed by atoms with Crippen molar-refractivity contribution in [3.8, 4) is 0 Å². The Kier molecular flexibility index (Phi) is 4.87. The molecular formula is C22H26FNO. The molecule has 1 aliphatic heterocycles. The van der Waals surface area contributed by atoms with E-state index in [0.29, 0.717) is 0 Å². The number of likely N-dealkylation sites (tertiary alicyclic amines) is 1. The van der Waals surface area contributed by atoms with Crippen molar-refractivity contribution >= 4 is 0 Å². The number of aliphatic hydroxyl groups excluding tert-OH is 1. The summed E-state index contributed by atoms with van der Waals surface area (Å²) in [5.74, 6) is 2.15. The molecule has 0 amide bonds. The molecule has 132 valence electrons. The van der Waals surface area contributed by atoms with Crippen LogP contribution in [0.25, 0.3) is 0 Å². The van der Waals surface area contributed by atoms with Gasteiger partial charge in [-0.05, 0) is 66.8 Å². The van der Waals surface area contributed by atoms with E-state index in [2.05, 4.69) is 35.2 Å². The monoisotopic (exact) mass is 339 g/mol. The smallest absolute Gasteiger partial charge is 0.123 e. The zero-order valence-electron chi connectivity index (χ0n) is 14.5. The topological polar surface area (TPSA) is 23.5 Å². The van der Waals surface area contributed by atoms with Crippen LogP contribution in [0.3, 0.4) is 0 Å². The summed E-state index contributed by atoms with van der Waals surface area (Å²) in [7, 11) is 0. The summed E-state index contributed by atoms with van der Waals surface area (Å²) in [6, 6.07) is 17.1. The average Bonchev–Trinajstić information content (AvgIpc) is 2.93. The molecule has 4 rings (SSSR count). The summed E-state index contributed by atoms with van der Waals surface area (Å²) in [5.41, 5.74) is 2.31. The Hall–Kier alpha value is -1.71. The van der Waals surface area contributed by atoms with Crippen LogP contribution in [0.5, 0.6) is 0 Å². The molecule has 1 saturated heterocycles. The van der Waals surface area contributed by atoms with Gasteiger partial charge < -0.3 is 10.0 Å². The van der Waals surface area contributed by atoms with Gasteiger partial charge in [-0.25, -0.2) is 4.39 Å². The van der Waals surface area contributed by atoms with Gasteiger partial charge in [0.15, 0.2) is 0 Å². The van der Waals surface area contributed by atoms with Crippen molar-refractivity contribution in [1.29, 1.82) is 0 Å². The molecule has 3 heteroatoms. The fourth-order valence-electron chi connectivity index (χ4n) is 4.62. The summed E-state index contributed by atoms with van der Waals surface area (Å²) in [6.45, 7) is 3.45. The molecule has 2 aromatic carbocycles. The van der Waals surface area contributed by atoms with Crippen molar-refractivity contribution < 1.29 is 9.50 Å². The van der Waals surface area contributed by atoms with Crippen molar-refractivity contribution in [3.05, 3.63) is 71.5 Å². The summed E-state index contributed by atoms with van der Waals surface area (Å²) < 4.78 is 13.0. The van der Waals surface area contributed by atoms with Gasteiger partial charge in [-0.1, -0.05) is 42.5 Å². The third-order valence-electron chi connectivity index (χ3n) is 6.08. The lowest BCUT2D eigenvalue weighted by molar-refractivity contribution is 0.158. The van der Waals surface area contributed by atoms with Crippen LogP contribution < -0.4 is 0 Å². The number of nitrogens with zero attached hydrogens (tertiary/aromatic N) is 1. The highest BCUT2D eigenvalue weighted by atomic mass is 19.1. The first-order valence-electron chi connectivity index (χ1n) is 9.41. The largest absolute Gasteiger partial charge is 0.388 e. The standard InChI is InChI=1S/C22H26FNO/c23-19-10-8-17(9-11-19)22(25)7-4-12-24-14-18-13-20(21(18)15-24)16-5-2-1-3-6-16/h1-3,5-6,8-11,18,20-22,25H,4,7,12-15H2. The van der Waals surface area contributed by atoms with Crippen LogP contribution in [-0.2, 0) is 0 Å². The molecule has 2 aromatic rings. The van der Waals surface area contributed by atoms with E-state index < -0.39 is 6.10 Å². The molecule has 1 aliphatic carbocycles. The zero-order chi connectivity index (χ0) is 17.2. The first-order valence-corrected chi connectivity index (χ1v) is 9.41. The van der Waals surface area contributed by atoms with Gasteiger partial charge in [-0.2, -0.15) is 0 Å². The number of aliphatic hydroxyl groups is 1. The Morgan fingerprint density at radius 2 is 1.80 bits per heavy atom. The van der Waals surface area contributed by atoms with E-state index in [-0.39, 0.29) is 5.82 Å². The van der Waals surface area contributed by atoms with E-state index in [1.807, 2.05) is 0 Å².